The van der Waals surface area contributed by atoms with Gasteiger partial charge in [-0.3, -0.25) is 9.79 Å². The molecule has 0 aromatic heterocycles. The van der Waals surface area contributed by atoms with Crippen molar-refractivity contribution in [2.24, 2.45) is 4.99 Å². The number of aliphatic imine (C=N–C) groups is 1. The van der Waals surface area contributed by atoms with Crippen LogP contribution in [0.15, 0.2) is 71.7 Å². The Labute approximate surface area is 168 Å². The van der Waals surface area contributed by atoms with Crippen molar-refractivity contribution in [1.29, 1.82) is 0 Å². The number of nitrogens with one attached hydrogen (secondary N) is 1. The van der Waals surface area contributed by atoms with E-state index < -0.39 is 0 Å². The fourth-order valence-electron chi connectivity index (χ4n) is 2.61. The summed E-state index contributed by atoms with van der Waals surface area (Å²) in [6, 6.07) is 18.9. The molecular weight excluding hydrogens is 371 g/mol. The van der Waals surface area contributed by atoms with Gasteiger partial charge in [-0.05, 0) is 65.7 Å². The largest absolute Gasteiger partial charge is 0.493 e. The number of amides is 1. The van der Waals surface area contributed by atoms with Crippen molar-refractivity contribution in [3.63, 3.8) is 0 Å². The number of carbonyl (C=O) groups is 1. The van der Waals surface area contributed by atoms with E-state index in [-0.39, 0.29) is 11.7 Å². The average molecular weight is 392 g/mol. The molecule has 5 nitrogen and oxygen atoms in total. The zero-order chi connectivity index (χ0) is 20.6. The van der Waals surface area contributed by atoms with Crippen LogP contribution in [0.3, 0.4) is 0 Å². The van der Waals surface area contributed by atoms with Crippen molar-refractivity contribution < 1.29 is 18.7 Å². The molecular formula is C23H21FN2O3. The van der Waals surface area contributed by atoms with Crippen LogP contribution in [0.1, 0.15) is 18.1 Å². The summed E-state index contributed by atoms with van der Waals surface area (Å²) in [4.78, 5) is 15.5. The third-order valence-corrected chi connectivity index (χ3v) is 4.05. The van der Waals surface area contributed by atoms with Gasteiger partial charge < -0.3 is 14.8 Å². The highest BCUT2D eigenvalue weighted by Crippen LogP contribution is 2.28. The molecule has 0 heterocycles. The highest BCUT2D eigenvalue weighted by molar-refractivity contribution is 5.89. The molecule has 3 aromatic rings. The summed E-state index contributed by atoms with van der Waals surface area (Å²) in [5.41, 5.74) is 3.19. The van der Waals surface area contributed by atoms with Crippen LogP contribution >= 0.6 is 0 Å². The number of halogens is 1. The van der Waals surface area contributed by atoms with Crippen LogP contribution < -0.4 is 14.8 Å². The number of anilines is 1. The number of rotatable bonds is 7. The van der Waals surface area contributed by atoms with Gasteiger partial charge in [0.25, 0.3) is 0 Å². The topological polar surface area (TPSA) is 59.9 Å². The minimum atomic E-state index is -0.278. The van der Waals surface area contributed by atoms with Gasteiger partial charge in [0, 0.05) is 18.8 Å². The van der Waals surface area contributed by atoms with Crippen molar-refractivity contribution in [2.75, 3.05) is 12.4 Å². The summed E-state index contributed by atoms with van der Waals surface area (Å²) in [5.74, 6) is 0.778. The highest BCUT2D eigenvalue weighted by atomic mass is 19.1. The Bertz CT molecular complexity index is 1000. The first kappa shape index (κ1) is 20.1. The number of benzene rings is 3. The quantitative estimate of drug-likeness (QED) is 0.568. The van der Waals surface area contributed by atoms with Gasteiger partial charge in [-0.15, -0.1) is 0 Å². The lowest BCUT2D eigenvalue weighted by molar-refractivity contribution is -0.114. The second-order valence-electron chi connectivity index (χ2n) is 6.31. The van der Waals surface area contributed by atoms with Gasteiger partial charge in [0.05, 0.1) is 12.8 Å². The van der Waals surface area contributed by atoms with E-state index in [1.165, 1.54) is 19.1 Å². The van der Waals surface area contributed by atoms with E-state index in [1.54, 1.807) is 37.6 Å². The third kappa shape index (κ3) is 5.90. The van der Waals surface area contributed by atoms with Crippen molar-refractivity contribution in [3.05, 3.63) is 83.7 Å². The zero-order valence-corrected chi connectivity index (χ0v) is 16.2. The molecule has 0 atom stereocenters. The molecule has 6 heteroatoms. The molecule has 0 saturated heterocycles. The van der Waals surface area contributed by atoms with Gasteiger partial charge >= 0.3 is 0 Å². The number of nitrogens with zero attached hydrogens (tertiary/aromatic N) is 1. The normalized spacial score (nSPS) is 10.7. The molecule has 1 N–H and O–H groups in total. The molecule has 29 heavy (non-hydrogen) atoms. The summed E-state index contributed by atoms with van der Waals surface area (Å²) in [6.07, 6.45) is 1.72. The molecule has 3 rings (SSSR count). The molecule has 3 aromatic carbocycles. The number of carbonyl (C=O) groups excluding carboxylic acids is 1. The van der Waals surface area contributed by atoms with Gasteiger partial charge in [-0.25, -0.2) is 4.39 Å². The monoisotopic (exact) mass is 392 g/mol. The number of methoxy groups -OCH3 is 1. The second kappa shape index (κ2) is 9.50. The van der Waals surface area contributed by atoms with Gasteiger partial charge in [0.2, 0.25) is 5.91 Å². The molecule has 0 aliphatic rings. The number of hydrogen-bond acceptors (Lipinski definition) is 4. The van der Waals surface area contributed by atoms with Crippen molar-refractivity contribution in [2.45, 2.75) is 13.5 Å². The molecule has 148 valence electrons. The molecule has 0 fully saturated rings. The third-order valence-electron chi connectivity index (χ3n) is 4.05. The molecule has 0 aliphatic carbocycles. The lowest BCUT2D eigenvalue weighted by atomic mass is 10.2. The van der Waals surface area contributed by atoms with Crippen LogP contribution in [0.25, 0.3) is 0 Å². The van der Waals surface area contributed by atoms with Crippen LogP contribution in [-0.2, 0) is 11.4 Å². The first-order chi connectivity index (χ1) is 14.0. The predicted molar refractivity (Wildman–Crippen MR) is 112 cm³/mol. The van der Waals surface area contributed by atoms with Gasteiger partial charge in [-0.1, -0.05) is 12.1 Å². The molecule has 0 aliphatic heterocycles. The Kier molecular flexibility index (Phi) is 6.58. The second-order valence-corrected chi connectivity index (χ2v) is 6.31. The first-order valence-electron chi connectivity index (χ1n) is 9.00. The Morgan fingerprint density at radius 1 is 1.03 bits per heavy atom. The van der Waals surface area contributed by atoms with Crippen LogP contribution in [0.5, 0.6) is 11.5 Å². The van der Waals surface area contributed by atoms with E-state index in [0.717, 1.165) is 22.5 Å². The van der Waals surface area contributed by atoms with Crippen molar-refractivity contribution >= 4 is 23.5 Å². The number of hydrogen-bond donors (Lipinski definition) is 1. The van der Waals surface area contributed by atoms with Crippen molar-refractivity contribution in [3.8, 4) is 11.5 Å². The molecule has 0 bridgehead atoms. The van der Waals surface area contributed by atoms with Crippen molar-refractivity contribution in [1.82, 2.24) is 0 Å². The Morgan fingerprint density at radius 3 is 2.41 bits per heavy atom. The lowest BCUT2D eigenvalue weighted by Crippen LogP contribution is -2.04. The predicted octanol–water partition coefficient (Wildman–Crippen LogP) is 5.12. The standard InChI is InChI=1S/C23H21FN2O3/c1-16(27)26-21-10-8-20(9-11-21)25-14-18-5-12-22(23(13-18)28-2)29-15-17-3-6-19(24)7-4-17/h3-14H,15H2,1-2H3,(H,26,27). The Hall–Kier alpha value is -3.67. The van der Waals surface area contributed by atoms with E-state index in [9.17, 15) is 9.18 Å². The van der Waals surface area contributed by atoms with E-state index in [0.29, 0.717) is 18.1 Å². The minimum absolute atomic E-state index is 0.116. The minimum Gasteiger partial charge on any atom is -0.493 e. The smallest absolute Gasteiger partial charge is 0.221 e. The maximum atomic E-state index is 13.0. The maximum Gasteiger partial charge on any atom is 0.221 e. The summed E-state index contributed by atoms with van der Waals surface area (Å²) < 4.78 is 24.2. The molecule has 0 saturated carbocycles. The van der Waals surface area contributed by atoms with Gasteiger partial charge in [0.1, 0.15) is 12.4 Å². The summed E-state index contributed by atoms with van der Waals surface area (Å²) in [6.45, 7) is 1.78. The van der Waals surface area contributed by atoms with Crippen LogP contribution in [-0.4, -0.2) is 19.2 Å². The van der Waals surface area contributed by atoms with E-state index >= 15 is 0 Å². The fraction of sp³-hybridized carbons (Fsp3) is 0.130. The Balaban J connectivity index is 1.66. The van der Waals surface area contributed by atoms with Gasteiger partial charge in [-0.2, -0.15) is 0 Å². The average Bonchev–Trinajstić information content (AvgIpc) is 2.72. The maximum absolute atomic E-state index is 13.0. The summed E-state index contributed by atoms with van der Waals surface area (Å²) >= 11 is 0. The lowest BCUT2D eigenvalue weighted by Gasteiger charge is -2.11. The molecule has 0 spiro atoms. The number of ether oxygens (including phenoxy) is 2. The van der Waals surface area contributed by atoms with E-state index in [4.69, 9.17) is 9.47 Å². The molecule has 0 unspecified atom stereocenters. The van der Waals surface area contributed by atoms with Crippen LogP contribution in [0.4, 0.5) is 15.8 Å². The van der Waals surface area contributed by atoms with E-state index in [1.807, 2.05) is 30.3 Å². The Morgan fingerprint density at radius 2 is 1.76 bits per heavy atom. The highest BCUT2D eigenvalue weighted by Gasteiger charge is 2.06. The van der Waals surface area contributed by atoms with Crippen LogP contribution in [0, 0.1) is 5.82 Å². The fourth-order valence-corrected chi connectivity index (χ4v) is 2.61. The van der Waals surface area contributed by atoms with Gasteiger partial charge in [0.15, 0.2) is 11.5 Å². The van der Waals surface area contributed by atoms with E-state index in [2.05, 4.69) is 10.3 Å². The summed E-state index contributed by atoms with van der Waals surface area (Å²) in [5, 5.41) is 2.71. The van der Waals surface area contributed by atoms with Crippen LogP contribution in [0.2, 0.25) is 0 Å². The SMILES string of the molecule is COc1cc(C=Nc2ccc(NC(C)=O)cc2)ccc1OCc1ccc(F)cc1. The molecule has 1 amide bonds. The molecule has 0 radical (unpaired) electrons. The first-order valence-corrected chi connectivity index (χ1v) is 9.00. The summed E-state index contributed by atoms with van der Waals surface area (Å²) in [7, 11) is 1.57. The zero-order valence-electron chi connectivity index (χ0n) is 16.2.